The van der Waals surface area contributed by atoms with Crippen molar-refractivity contribution in [2.45, 2.75) is 13.8 Å². The van der Waals surface area contributed by atoms with Gasteiger partial charge in [0, 0.05) is 22.8 Å². The molecule has 2 aliphatic rings. The molecule has 1 aliphatic heterocycles. The van der Waals surface area contributed by atoms with Crippen molar-refractivity contribution in [1.82, 2.24) is 10.3 Å². The number of thiazole rings is 1. The van der Waals surface area contributed by atoms with E-state index >= 15 is 0 Å². The van der Waals surface area contributed by atoms with Crippen LogP contribution >= 0.6 is 11.3 Å². The Morgan fingerprint density at radius 1 is 1.32 bits per heavy atom. The van der Waals surface area contributed by atoms with Crippen LogP contribution in [0.3, 0.4) is 0 Å². The van der Waals surface area contributed by atoms with E-state index in [-0.39, 0.29) is 17.7 Å². The van der Waals surface area contributed by atoms with Crippen LogP contribution in [0, 0.1) is 5.92 Å². The minimum atomic E-state index is -0.309. The number of carbonyl (C=O) groups excluding carboxylic acids is 2. The zero-order valence-corrected chi connectivity index (χ0v) is 14.6. The summed E-state index contributed by atoms with van der Waals surface area (Å²) in [6, 6.07) is 5.36. The first-order chi connectivity index (χ1) is 12.0. The van der Waals surface area contributed by atoms with Gasteiger partial charge >= 0.3 is 0 Å². The Balaban J connectivity index is 1.64. The van der Waals surface area contributed by atoms with Crippen LogP contribution in [0.5, 0.6) is 0 Å². The number of nitrogens with one attached hydrogen (secondary N) is 1. The van der Waals surface area contributed by atoms with Gasteiger partial charge in [-0.1, -0.05) is 11.6 Å². The number of aliphatic imine (C=N–C) groups is 1. The average Bonchev–Trinajstić information content (AvgIpc) is 3.07. The monoisotopic (exact) mass is 349 g/mol. The molecule has 25 heavy (non-hydrogen) atoms. The lowest BCUT2D eigenvalue weighted by Crippen LogP contribution is -2.35. The van der Waals surface area contributed by atoms with Crippen LogP contribution in [0.25, 0.3) is 10.2 Å². The minimum Gasteiger partial charge on any atom is -0.325 e. The topological polar surface area (TPSA) is 71.4 Å². The first-order valence-corrected chi connectivity index (χ1v) is 8.75. The summed E-state index contributed by atoms with van der Waals surface area (Å²) in [5.41, 5.74) is 6.21. The van der Waals surface area contributed by atoms with Gasteiger partial charge in [0.05, 0.1) is 21.4 Å². The smallest absolute Gasteiger partial charge is 0.277 e. The number of rotatable bonds is 1. The third-order valence-electron chi connectivity index (χ3n) is 4.56. The average molecular weight is 349 g/mol. The highest BCUT2D eigenvalue weighted by molar-refractivity contribution is 7.16. The molecule has 1 atom stereocenters. The lowest BCUT2D eigenvalue weighted by Gasteiger charge is -2.28. The van der Waals surface area contributed by atoms with E-state index in [0.29, 0.717) is 11.3 Å². The highest BCUT2D eigenvalue weighted by atomic mass is 32.1. The molecule has 1 aromatic carbocycles. The van der Waals surface area contributed by atoms with Crippen LogP contribution in [0.4, 0.5) is 0 Å². The van der Waals surface area contributed by atoms with Gasteiger partial charge in [-0.3, -0.25) is 9.59 Å². The number of aromatic nitrogens is 1. The standard InChI is InChI=1S/C19H15N3O2S/c1-10-11(2)18(23)22-16-8-13(4-5-14(10)16)21-19(24)12-3-6-15-17(7-12)25-9-20-15/h3-9,14H,1-2H3,(H,22,23). The molecule has 2 aromatic rings. The SMILES string of the molecule is CC1=C(C)C2C=CC(=NC(=O)c3ccc4ncsc4c3)C=C2NC1=O. The molecule has 0 fully saturated rings. The fourth-order valence-corrected chi connectivity index (χ4v) is 3.68. The fraction of sp³-hybridized carbons (Fsp3) is 0.158. The lowest BCUT2D eigenvalue weighted by atomic mass is 9.85. The first-order valence-electron chi connectivity index (χ1n) is 7.88. The van der Waals surface area contributed by atoms with Crippen LogP contribution in [-0.4, -0.2) is 22.5 Å². The lowest BCUT2D eigenvalue weighted by molar-refractivity contribution is -0.117. The van der Waals surface area contributed by atoms with E-state index in [1.807, 2.05) is 32.1 Å². The van der Waals surface area contributed by atoms with Gasteiger partial charge in [0.1, 0.15) is 0 Å². The predicted molar refractivity (Wildman–Crippen MR) is 98.6 cm³/mol. The Hall–Kier alpha value is -2.86. The van der Waals surface area contributed by atoms with Crippen LogP contribution < -0.4 is 5.32 Å². The van der Waals surface area contributed by atoms with E-state index in [1.54, 1.807) is 23.7 Å². The Bertz CT molecular complexity index is 1040. The van der Waals surface area contributed by atoms with Crippen molar-refractivity contribution in [3.8, 4) is 0 Å². The van der Waals surface area contributed by atoms with Crippen LogP contribution in [0.15, 0.2) is 63.8 Å². The number of benzene rings is 1. The molecule has 0 saturated carbocycles. The van der Waals surface area contributed by atoms with Gasteiger partial charge < -0.3 is 5.32 Å². The van der Waals surface area contributed by atoms with Crippen molar-refractivity contribution in [2.75, 3.05) is 0 Å². The largest absolute Gasteiger partial charge is 0.325 e. The molecule has 0 spiro atoms. The van der Waals surface area contributed by atoms with Crippen molar-refractivity contribution in [3.63, 3.8) is 0 Å². The van der Waals surface area contributed by atoms with Crippen molar-refractivity contribution >= 4 is 39.1 Å². The highest BCUT2D eigenvalue weighted by Crippen LogP contribution is 2.30. The van der Waals surface area contributed by atoms with Gasteiger partial charge in [-0.05, 0) is 44.2 Å². The molecule has 124 valence electrons. The van der Waals surface area contributed by atoms with Crippen molar-refractivity contribution in [1.29, 1.82) is 0 Å². The van der Waals surface area contributed by atoms with E-state index in [1.165, 1.54) is 11.3 Å². The van der Waals surface area contributed by atoms with E-state index in [9.17, 15) is 9.59 Å². The van der Waals surface area contributed by atoms with Crippen LogP contribution in [0.1, 0.15) is 24.2 Å². The molecule has 0 radical (unpaired) electrons. The molecular weight excluding hydrogens is 334 g/mol. The Labute approximate surface area is 148 Å². The van der Waals surface area contributed by atoms with Gasteiger partial charge in [0.2, 0.25) is 0 Å². The number of nitrogens with zero attached hydrogens (tertiary/aromatic N) is 2. The third-order valence-corrected chi connectivity index (χ3v) is 5.35. The number of hydrogen-bond donors (Lipinski definition) is 1. The molecule has 0 bridgehead atoms. The number of fused-ring (bicyclic) bond motifs is 2. The summed E-state index contributed by atoms with van der Waals surface area (Å²) >= 11 is 1.49. The molecule has 1 aliphatic carbocycles. The molecule has 0 saturated heterocycles. The number of carbonyl (C=O) groups is 2. The van der Waals surface area contributed by atoms with Crippen molar-refractivity contribution in [3.05, 3.63) is 64.3 Å². The van der Waals surface area contributed by atoms with E-state index in [4.69, 9.17) is 0 Å². The minimum absolute atomic E-state index is 0.0419. The summed E-state index contributed by atoms with van der Waals surface area (Å²) in [6.07, 6.45) is 5.55. The first kappa shape index (κ1) is 15.7. The second-order valence-corrected chi connectivity index (χ2v) is 6.96. The maximum atomic E-state index is 12.5. The second-order valence-electron chi connectivity index (χ2n) is 6.08. The number of allylic oxidation sites excluding steroid dienone is 3. The summed E-state index contributed by atoms with van der Waals surface area (Å²) < 4.78 is 0.958. The number of amides is 2. The number of hydrogen-bond acceptors (Lipinski definition) is 4. The Morgan fingerprint density at radius 3 is 3.00 bits per heavy atom. The predicted octanol–water partition coefficient (Wildman–Crippen LogP) is 3.41. The zero-order chi connectivity index (χ0) is 17.6. The van der Waals surface area contributed by atoms with Crippen molar-refractivity contribution in [2.24, 2.45) is 10.9 Å². The normalized spacial score (nSPS) is 21.4. The molecular formula is C19H15N3O2S. The molecule has 5 nitrogen and oxygen atoms in total. The molecule has 1 aromatic heterocycles. The van der Waals surface area contributed by atoms with Crippen LogP contribution in [0.2, 0.25) is 0 Å². The van der Waals surface area contributed by atoms with Gasteiger partial charge in [-0.15, -0.1) is 11.3 Å². The summed E-state index contributed by atoms with van der Waals surface area (Å²) in [4.78, 5) is 32.8. The Morgan fingerprint density at radius 2 is 2.16 bits per heavy atom. The summed E-state index contributed by atoms with van der Waals surface area (Å²) in [6.45, 7) is 3.77. The summed E-state index contributed by atoms with van der Waals surface area (Å²) in [5.74, 6) is -0.368. The molecule has 1 unspecified atom stereocenters. The third kappa shape index (κ3) is 2.74. The van der Waals surface area contributed by atoms with E-state index in [0.717, 1.165) is 27.1 Å². The van der Waals surface area contributed by atoms with Gasteiger partial charge in [-0.25, -0.2) is 9.98 Å². The van der Waals surface area contributed by atoms with Gasteiger partial charge in [0.15, 0.2) is 0 Å². The highest BCUT2D eigenvalue weighted by Gasteiger charge is 2.27. The Kier molecular flexibility index (Phi) is 3.69. The van der Waals surface area contributed by atoms with Crippen molar-refractivity contribution < 1.29 is 9.59 Å². The quantitative estimate of drug-likeness (QED) is 0.857. The molecule has 6 heteroatoms. The summed E-state index contributed by atoms with van der Waals surface area (Å²) in [5, 5.41) is 2.88. The van der Waals surface area contributed by atoms with Crippen LogP contribution in [-0.2, 0) is 4.79 Å². The zero-order valence-electron chi connectivity index (χ0n) is 13.7. The second kappa shape index (κ2) is 5.89. The molecule has 2 amide bonds. The molecule has 2 heterocycles. The van der Waals surface area contributed by atoms with Gasteiger partial charge in [0.25, 0.3) is 11.8 Å². The maximum absolute atomic E-state index is 12.5. The fourth-order valence-electron chi connectivity index (χ4n) is 2.96. The maximum Gasteiger partial charge on any atom is 0.277 e. The molecule has 4 rings (SSSR count). The molecule has 1 N–H and O–H groups in total. The van der Waals surface area contributed by atoms with E-state index in [2.05, 4.69) is 15.3 Å². The van der Waals surface area contributed by atoms with Gasteiger partial charge in [-0.2, -0.15) is 0 Å². The summed E-state index contributed by atoms with van der Waals surface area (Å²) in [7, 11) is 0. The van der Waals surface area contributed by atoms with E-state index < -0.39 is 0 Å².